The fourth-order valence-corrected chi connectivity index (χ4v) is 5.00. The number of hydrogen-bond donors (Lipinski definition) is 1. The van der Waals surface area contributed by atoms with Crippen LogP contribution in [0.3, 0.4) is 0 Å². The molecule has 0 bridgehead atoms. The summed E-state index contributed by atoms with van der Waals surface area (Å²) in [6, 6.07) is 0. The van der Waals surface area contributed by atoms with Crippen LogP contribution < -0.4 is 5.73 Å². The molecule has 102 valence electrons. The lowest BCUT2D eigenvalue weighted by Gasteiger charge is -2.34. The molecule has 1 fully saturated rings. The lowest BCUT2D eigenvalue weighted by atomic mass is 10.1. The predicted molar refractivity (Wildman–Crippen MR) is 75.0 cm³/mol. The molecule has 0 aromatic carbocycles. The highest BCUT2D eigenvalue weighted by Crippen LogP contribution is 2.21. The first-order valence-corrected chi connectivity index (χ1v) is 9.26. The minimum absolute atomic E-state index is 0.283. The lowest BCUT2D eigenvalue weighted by Crippen LogP contribution is -2.47. The molecule has 0 saturated carbocycles. The van der Waals surface area contributed by atoms with Gasteiger partial charge in [-0.15, -0.1) is 0 Å². The predicted octanol–water partition coefficient (Wildman–Crippen LogP) is 0.781. The van der Waals surface area contributed by atoms with Crippen LogP contribution in [0.25, 0.3) is 0 Å². The van der Waals surface area contributed by atoms with Crippen molar-refractivity contribution in [1.29, 1.82) is 0 Å². The van der Waals surface area contributed by atoms with Crippen LogP contribution in [-0.4, -0.2) is 56.1 Å². The van der Waals surface area contributed by atoms with Crippen LogP contribution in [-0.2, 0) is 9.84 Å². The van der Waals surface area contributed by atoms with Crippen molar-refractivity contribution < 1.29 is 8.42 Å². The van der Waals surface area contributed by atoms with Crippen LogP contribution in [0.4, 0.5) is 0 Å². The van der Waals surface area contributed by atoms with Crippen LogP contribution in [0.2, 0.25) is 0 Å². The van der Waals surface area contributed by atoms with Crippen molar-refractivity contribution in [1.82, 2.24) is 4.90 Å². The number of rotatable bonds is 6. The Morgan fingerprint density at radius 1 is 1.53 bits per heavy atom. The summed E-state index contributed by atoms with van der Waals surface area (Å²) in [5.74, 6) is 2.29. The van der Waals surface area contributed by atoms with E-state index in [9.17, 15) is 8.42 Å². The Hall–Kier alpha value is 0.220. The van der Waals surface area contributed by atoms with Crippen molar-refractivity contribution in [2.75, 3.05) is 37.4 Å². The van der Waals surface area contributed by atoms with Crippen molar-refractivity contribution in [2.24, 2.45) is 11.7 Å². The molecule has 0 aromatic heterocycles. The lowest BCUT2D eigenvalue weighted by molar-refractivity contribution is 0.259. The number of nitrogens with two attached hydrogens (primary N) is 1. The second-order valence-electron chi connectivity index (χ2n) is 4.88. The van der Waals surface area contributed by atoms with Crippen LogP contribution in [0.15, 0.2) is 0 Å². The van der Waals surface area contributed by atoms with Gasteiger partial charge in [-0.25, -0.2) is 8.42 Å². The Labute approximate surface area is 109 Å². The Morgan fingerprint density at radius 2 is 2.24 bits per heavy atom. The van der Waals surface area contributed by atoms with Gasteiger partial charge in [0, 0.05) is 24.3 Å². The van der Waals surface area contributed by atoms with E-state index in [0.29, 0.717) is 18.2 Å². The fourth-order valence-electron chi connectivity index (χ4n) is 2.03. The SMILES string of the molecule is CC(CN)CCCN1CCSCC1S(C)(=O)=O. The third-order valence-corrected chi connectivity index (χ3v) is 5.92. The highest BCUT2D eigenvalue weighted by molar-refractivity contribution is 8.00. The van der Waals surface area contributed by atoms with E-state index in [4.69, 9.17) is 5.73 Å². The van der Waals surface area contributed by atoms with Crippen molar-refractivity contribution >= 4 is 21.6 Å². The molecule has 1 aliphatic heterocycles. The molecule has 0 spiro atoms. The highest BCUT2D eigenvalue weighted by Gasteiger charge is 2.30. The molecule has 2 N–H and O–H groups in total. The largest absolute Gasteiger partial charge is 0.330 e. The molecule has 1 heterocycles. The summed E-state index contributed by atoms with van der Waals surface area (Å²) in [4.78, 5) is 2.12. The second kappa shape index (κ2) is 6.97. The Bertz CT molecular complexity index is 319. The van der Waals surface area contributed by atoms with Gasteiger partial charge < -0.3 is 5.73 Å². The minimum atomic E-state index is -2.95. The summed E-state index contributed by atoms with van der Waals surface area (Å²) in [7, 11) is -2.95. The summed E-state index contributed by atoms with van der Waals surface area (Å²) in [6.45, 7) is 4.62. The van der Waals surface area contributed by atoms with Gasteiger partial charge in [-0.05, 0) is 31.8 Å². The molecular formula is C11H24N2O2S2. The van der Waals surface area contributed by atoms with E-state index in [1.165, 1.54) is 6.26 Å². The summed E-state index contributed by atoms with van der Waals surface area (Å²) in [5, 5.41) is -0.283. The molecule has 2 unspecified atom stereocenters. The standard InChI is InChI=1S/C11H24N2O2S2/c1-10(8-12)4-3-5-13-6-7-16-9-11(13)17(2,14)15/h10-11H,3-9,12H2,1-2H3. The van der Waals surface area contributed by atoms with Crippen molar-refractivity contribution in [2.45, 2.75) is 25.1 Å². The third-order valence-electron chi connectivity index (χ3n) is 3.23. The first-order chi connectivity index (χ1) is 7.95. The van der Waals surface area contributed by atoms with E-state index in [0.717, 1.165) is 31.7 Å². The molecule has 1 aliphatic rings. The van der Waals surface area contributed by atoms with Crippen LogP contribution in [0.5, 0.6) is 0 Å². The first-order valence-electron chi connectivity index (χ1n) is 6.16. The summed E-state index contributed by atoms with van der Waals surface area (Å²) in [5.41, 5.74) is 5.57. The van der Waals surface area contributed by atoms with E-state index in [-0.39, 0.29) is 5.37 Å². The maximum absolute atomic E-state index is 11.7. The van der Waals surface area contributed by atoms with Gasteiger partial charge in [0.25, 0.3) is 0 Å². The van der Waals surface area contributed by atoms with Crippen LogP contribution in [0, 0.1) is 5.92 Å². The number of sulfone groups is 1. The van der Waals surface area contributed by atoms with Crippen LogP contribution in [0.1, 0.15) is 19.8 Å². The van der Waals surface area contributed by atoms with E-state index >= 15 is 0 Å². The average Bonchev–Trinajstić information content (AvgIpc) is 2.28. The van der Waals surface area contributed by atoms with Crippen LogP contribution >= 0.6 is 11.8 Å². The maximum atomic E-state index is 11.7. The molecular weight excluding hydrogens is 256 g/mol. The zero-order valence-electron chi connectivity index (χ0n) is 10.8. The minimum Gasteiger partial charge on any atom is -0.330 e. The smallest absolute Gasteiger partial charge is 0.164 e. The zero-order valence-corrected chi connectivity index (χ0v) is 12.4. The maximum Gasteiger partial charge on any atom is 0.164 e. The molecule has 0 aliphatic carbocycles. The Kier molecular flexibility index (Phi) is 6.26. The summed E-state index contributed by atoms with van der Waals surface area (Å²) in [6.07, 6.45) is 3.46. The Morgan fingerprint density at radius 3 is 2.82 bits per heavy atom. The van der Waals surface area contributed by atoms with Crippen molar-refractivity contribution in [3.8, 4) is 0 Å². The summed E-state index contributed by atoms with van der Waals surface area (Å²) < 4.78 is 23.3. The third kappa shape index (κ3) is 5.16. The normalized spacial score (nSPS) is 24.8. The monoisotopic (exact) mass is 280 g/mol. The zero-order chi connectivity index (χ0) is 12.9. The van der Waals surface area contributed by atoms with Gasteiger partial charge in [-0.1, -0.05) is 6.92 Å². The fraction of sp³-hybridized carbons (Fsp3) is 1.00. The molecule has 2 atom stereocenters. The van der Waals surface area contributed by atoms with Crippen molar-refractivity contribution in [3.05, 3.63) is 0 Å². The van der Waals surface area contributed by atoms with E-state index in [1.807, 2.05) is 0 Å². The molecule has 0 aromatic rings. The second-order valence-corrected chi connectivity index (χ2v) is 8.23. The molecule has 6 heteroatoms. The van der Waals surface area contributed by atoms with Gasteiger partial charge in [-0.3, -0.25) is 4.90 Å². The average molecular weight is 280 g/mol. The molecule has 0 amide bonds. The molecule has 1 saturated heterocycles. The highest BCUT2D eigenvalue weighted by atomic mass is 32.2. The van der Waals surface area contributed by atoms with Gasteiger partial charge in [-0.2, -0.15) is 11.8 Å². The molecule has 4 nitrogen and oxygen atoms in total. The Balaban J connectivity index is 2.44. The van der Waals surface area contributed by atoms with Gasteiger partial charge in [0.15, 0.2) is 9.84 Å². The van der Waals surface area contributed by atoms with Gasteiger partial charge in [0.05, 0.1) is 0 Å². The first kappa shape index (κ1) is 15.3. The molecule has 17 heavy (non-hydrogen) atoms. The topological polar surface area (TPSA) is 63.4 Å². The quantitative estimate of drug-likeness (QED) is 0.779. The van der Waals surface area contributed by atoms with Gasteiger partial charge in [0.1, 0.15) is 5.37 Å². The van der Waals surface area contributed by atoms with Gasteiger partial charge in [0.2, 0.25) is 0 Å². The molecule has 0 radical (unpaired) electrons. The van der Waals surface area contributed by atoms with E-state index in [1.54, 1.807) is 11.8 Å². The summed E-state index contributed by atoms with van der Waals surface area (Å²) >= 11 is 1.74. The van der Waals surface area contributed by atoms with Gasteiger partial charge >= 0.3 is 0 Å². The van der Waals surface area contributed by atoms with E-state index < -0.39 is 9.84 Å². The number of nitrogens with zero attached hydrogens (tertiary/aromatic N) is 1. The van der Waals surface area contributed by atoms with Crippen molar-refractivity contribution in [3.63, 3.8) is 0 Å². The number of thioether (sulfide) groups is 1. The number of hydrogen-bond acceptors (Lipinski definition) is 5. The molecule has 1 rings (SSSR count). The van der Waals surface area contributed by atoms with E-state index in [2.05, 4.69) is 11.8 Å².